The number of hydrogen-bond donors (Lipinski definition) is 0. The Morgan fingerprint density at radius 2 is 0.762 bits per heavy atom. The molecule has 1 fully saturated rings. The van der Waals surface area contributed by atoms with Gasteiger partial charge in [0.05, 0.1) is 0 Å². The predicted molar refractivity (Wildman–Crippen MR) is 109 cm³/mol. The van der Waals surface area contributed by atoms with Crippen molar-refractivity contribution in [1.29, 1.82) is 0 Å². The van der Waals surface area contributed by atoms with E-state index in [1.165, 1.54) is 17.3 Å². The first-order valence-corrected chi connectivity index (χ1v) is 11.5. The van der Waals surface area contributed by atoms with E-state index in [4.69, 9.17) is 0 Å². The van der Waals surface area contributed by atoms with Gasteiger partial charge in [-0.15, -0.1) is 0 Å². The van der Waals surface area contributed by atoms with Gasteiger partial charge in [0, 0.05) is 0 Å². The van der Waals surface area contributed by atoms with Gasteiger partial charge >= 0.3 is 18.8 Å². The molecule has 0 radical (unpaired) electrons. The van der Waals surface area contributed by atoms with Crippen molar-refractivity contribution in [2.45, 2.75) is 41.5 Å². The van der Waals surface area contributed by atoms with Gasteiger partial charge in [-0.2, -0.15) is 34.8 Å². The minimum Gasteiger partial charge on any atom is -0.338 e. The van der Waals surface area contributed by atoms with Crippen LogP contribution in [0.25, 0.3) is 0 Å². The lowest BCUT2D eigenvalue weighted by atomic mass is 9.71. The van der Waals surface area contributed by atoms with E-state index in [0.29, 0.717) is 18.8 Å². The first-order valence-electron chi connectivity index (χ1n) is 8.31. The third kappa shape index (κ3) is 4.80. The highest BCUT2D eigenvalue weighted by atomic mass is 32.2. The molecule has 0 aromatic carbocycles. The highest BCUT2D eigenvalue weighted by molar-refractivity contribution is 8.31. The quantitative estimate of drug-likeness (QED) is 0.590. The van der Waals surface area contributed by atoms with Crippen molar-refractivity contribution in [2.24, 2.45) is 0 Å². The Bertz CT molecular complexity index is 237. The summed E-state index contributed by atoms with van der Waals surface area (Å²) in [5.41, 5.74) is 0. The zero-order valence-electron chi connectivity index (χ0n) is 14.5. The third-order valence-corrected chi connectivity index (χ3v) is 7.26. The summed E-state index contributed by atoms with van der Waals surface area (Å²) >= 11 is 6.26. The first-order chi connectivity index (χ1) is 10.2. The molecule has 1 rings (SSSR count). The topological polar surface area (TPSA) is 9.72 Å². The van der Waals surface area contributed by atoms with Gasteiger partial charge < -0.3 is 14.2 Å². The molecule has 0 atom stereocenters. The normalized spacial score (nSPS) is 18.9. The monoisotopic (exact) mass is 345 g/mol. The second kappa shape index (κ2) is 10.8. The molecular weight excluding hydrogens is 315 g/mol. The van der Waals surface area contributed by atoms with E-state index in [2.05, 4.69) is 90.5 Å². The first kappa shape index (κ1) is 20.2. The van der Waals surface area contributed by atoms with Gasteiger partial charge in [0.1, 0.15) is 0 Å². The highest BCUT2D eigenvalue weighted by Crippen LogP contribution is 2.33. The van der Waals surface area contributed by atoms with E-state index in [1.54, 1.807) is 0 Å². The molecule has 0 saturated carbocycles. The third-order valence-electron chi connectivity index (χ3n) is 3.74. The average Bonchev–Trinajstić information content (AvgIpc) is 2.49. The van der Waals surface area contributed by atoms with E-state index < -0.39 is 0 Å². The fraction of sp³-hybridized carbons (Fsp3) is 1.00. The van der Waals surface area contributed by atoms with E-state index in [0.717, 1.165) is 19.6 Å². The maximum absolute atomic E-state index is 2.68. The highest BCUT2D eigenvalue weighted by Gasteiger charge is 2.51. The average molecular weight is 345 g/mol. The molecule has 9 heteroatoms. The molecule has 0 aromatic heterocycles. The molecule has 1 saturated heterocycles. The van der Waals surface area contributed by atoms with Crippen molar-refractivity contribution in [2.75, 3.05) is 36.9 Å². The minimum absolute atomic E-state index is 0.515. The Morgan fingerprint density at radius 1 is 0.524 bits per heavy atom. The molecule has 1 aliphatic heterocycles. The molecule has 0 spiro atoms. The maximum atomic E-state index is 2.68. The van der Waals surface area contributed by atoms with Crippen LogP contribution in [0.2, 0.25) is 0 Å². The van der Waals surface area contributed by atoms with Crippen LogP contribution in [-0.2, 0) is 0 Å². The Labute approximate surface area is 146 Å². The molecule has 1 heterocycles. The fourth-order valence-electron chi connectivity index (χ4n) is 2.86. The zero-order valence-corrected chi connectivity index (χ0v) is 17.0. The summed E-state index contributed by atoms with van der Waals surface area (Å²) in [5.74, 6) is 3.53. The lowest BCUT2D eigenvalue weighted by Gasteiger charge is -2.52. The van der Waals surface area contributed by atoms with Crippen molar-refractivity contribution in [1.82, 2.24) is 14.2 Å². The summed E-state index contributed by atoms with van der Waals surface area (Å²) < 4.78 is 8.05. The van der Waals surface area contributed by atoms with Crippen molar-refractivity contribution >= 4 is 53.6 Å². The minimum atomic E-state index is 0.515. The SMILES string of the molecule is CCSB1N(CC)B(SCC)N(CC)B(SCC)N1CC. The van der Waals surface area contributed by atoms with Crippen molar-refractivity contribution < 1.29 is 0 Å². The predicted octanol–water partition coefficient (Wildman–Crippen LogP) is 3.18. The summed E-state index contributed by atoms with van der Waals surface area (Å²) in [6.07, 6.45) is 1.54. The Morgan fingerprint density at radius 3 is 0.905 bits per heavy atom. The second-order valence-corrected chi connectivity index (χ2v) is 8.83. The molecule has 120 valence electrons. The van der Waals surface area contributed by atoms with Gasteiger partial charge in [-0.1, -0.05) is 41.5 Å². The van der Waals surface area contributed by atoms with Gasteiger partial charge in [-0.05, 0) is 36.9 Å². The van der Waals surface area contributed by atoms with Crippen molar-refractivity contribution in [3.05, 3.63) is 0 Å². The fourth-order valence-corrected chi connectivity index (χ4v) is 6.72. The molecule has 0 aliphatic carbocycles. The van der Waals surface area contributed by atoms with E-state index >= 15 is 0 Å². The maximum Gasteiger partial charge on any atom is 0.362 e. The molecule has 0 N–H and O–H groups in total. The van der Waals surface area contributed by atoms with Gasteiger partial charge in [0.2, 0.25) is 0 Å². The number of nitrogens with zero attached hydrogens (tertiary/aromatic N) is 3. The van der Waals surface area contributed by atoms with Crippen LogP contribution in [0.1, 0.15) is 41.5 Å². The molecule has 1 aliphatic rings. The van der Waals surface area contributed by atoms with E-state index in [9.17, 15) is 0 Å². The van der Waals surface area contributed by atoms with Crippen LogP contribution in [0.5, 0.6) is 0 Å². The van der Waals surface area contributed by atoms with Crippen LogP contribution in [0, 0.1) is 0 Å². The second-order valence-electron chi connectivity index (χ2n) is 4.84. The lowest BCUT2D eigenvalue weighted by molar-refractivity contribution is 0.491. The van der Waals surface area contributed by atoms with Crippen LogP contribution in [0.15, 0.2) is 0 Å². The summed E-state index contributed by atoms with van der Waals surface area (Å²) in [6, 6.07) is 0. The largest absolute Gasteiger partial charge is 0.362 e. The molecule has 0 bridgehead atoms. The molecular formula is C12H30B3N3S3. The molecule has 0 aromatic rings. The summed E-state index contributed by atoms with van der Waals surface area (Å²) in [5, 5.41) is 0. The summed E-state index contributed by atoms with van der Waals surface area (Å²) in [6.45, 7) is 17.1. The van der Waals surface area contributed by atoms with Crippen LogP contribution in [0.4, 0.5) is 0 Å². The van der Waals surface area contributed by atoms with Gasteiger partial charge in [0.15, 0.2) is 0 Å². The van der Waals surface area contributed by atoms with E-state index in [1.807, 2.05) is 0 Å². The standard InChI is InChI=1S/C12H30B3N3S3/c1-7-16-13(19-10-4)17(8-2)15(21-12-6)18(9-3)14(16)20-11-5/h7-12H2,1-6H3. The zero-order chi connectivity index (χ0) is 15.8. The molecule has 0 unspecified atom stereocenters. The van der Waals surface area contributed by atoms with Gasteiger partial charge in [-0.3, -0.25) is 0 Å². The smallest absolute Gasteiger partial charge is 0.338 e. The number of rotatable bonds is 9. The van der Waals surface area contributed by atoms with E-state index in [-0.39, 0.29) is 0 Å². The summed E-state index contributed by atoms with van der Waals surface area (Å²) in [4.78, 5) is 0. The Balaban J connectivity index is 3.11. The Kier molecular flexibility index (Phi) is 10.4. The molecule has 3 nitrogen and oxygen atoms in total. The van der Waals surface area contributed by atoms with Crippen molar-refractivity contribution in [3.8, 4) is 0 Å². The van der Waals surface area contributed by atoms with Crippen LogP contribution >= 0.6 is 34.8 Å². The summed E-state index contributed by atoms with van der Waals surface area (Å²) in [7, 11) is 0. The van der Waals surface area contributed by atoms with Crippen LogP contribution in [0.3, 0.4) is 0 Å². The van der Waals surface area contributed by atoms with Crippen LogP contribution < -0.4 is 0 Å². The van der Waals surface area contributed by atoms with Gasteiger partial charge in [-0.25, -0.2) is 0 Å². The number of hydrogen-bond acceptors (Lipinski definition) is 6. The lowest BCUT2D eigenvalue weighted by Crippen LogP contribution is -2.75. The molecule has 21 heavy (non-hydrogen) atoms. The Hall–Kier alpha value is 1.12. The molecule has 0 amide bonds. The van der Waals surface area contributed by atoms with Crippen molar-refractivity contribution in [3.63, 3.8) is 0 Å². The van der Waals surface area contributed by atoms with Gasteiger partial charge in [0.25, 0.3) is 0 Å². The van der Waals surface area contributed by atoms with Crippen LogP contribution in [-0.4, -0.2) is 69.8 Å².